The van der Waals surface area contributed by atoms with Crippen molar-refractivity contribution in [3.63, 3.8) is 0 Å². The Kier molecular flexibility index (Phi) is 10.2. The van der Waals surface area contributed by atoms with Crippen LogP contribution in [-0.2, 0) is 10.8 Å². The Morgan fingerprint density at radius 3 is 1.04 bits per heavy atom. The zero-order valence-electron chi connectivity index (χ0n) is 45.4. The van der Waals surface area contributed by atoms with E-state index in [9.17, 15) is 0 Å². The van der Waals surface area contributed by atoms with Gasteiger partial charge in [0.15, 0.2) is 0 Å². The SMILES string of the molecule is CC(C)c1ccc(-c2ccc3c(c2)c(-c2ccc4c(C(C)(C)C)cccc4c2)c2ccc4nc5c6ccc(-c7ccc(C(C)C)cc7)cc6c(-c6ccc7c(C(C)(C)C)cccc7c6)c6ccc7nc3c2c4c7c65)cc1. The number of nitrogens with zero attached hydrogens (tertiary/aromatic N) is 2. The van der Waals surface area contributed by atoms with Crippen molar-refractivity contribution in [2.75, 3.05) is 0 Å². The van der Waals surface area contributed by atoms with Crippen LogP contribution in [0.4, 0.5) is 0 Å². The second kappa shape index (κ2) is 16.6. The van der Waals surface area contributed by atoms with Gasteiger partial charge in [-0.1, -0.05) is 215 Å². The third-order valence-electron chi connectivity index (χ3n) is 17.0. The second-order valence-electron chi connectivity index (χ2n) is 24.5. The number of hydrogen-bond acceptors (Lipinski definition) is 2. The fourth-order valence-corrected chi connectivity index (χ4v) is 13.0. The van der Waals surface area contributed by atoms with E-state index in [0.717, 1.165) is 32.8 Å². The Morgan fingerprint density at radius 2 is 0.658 bits per heavy atom. The molecule has 2 aromatic heterocycles. The molecule has 0 saturated heterocycles. The van der Waals surface area contributed by atoms with Gasteiger partial charge in [0, 0.05) is 32.3 Å². The standard InChI is InChI=1S/C74H62N2/c1-41(2)43-17-21-45(22-18-43)47-25-31-55-59(39-47)65(51-27-29-53-49(37-51)13-11-15-61(53)73(5,6)7)57-33-35-64-69-67(57)71(55)75-63-36-34-58-66(52-28-30-54-50(38-52)14-12-16-62(54)74(8,9)10)60-40-48(46-23-19-44(20-24-46)42(3)4)26-32-56(60)72(76-64)68(58)70(63)69/h11-42H,1-10H3. The molecule has 0 aliphatic carbocycles. The summed E-state index contributed by atoms with van der Waals surface area (Å²) >= 11 is 0. The Hall–Kier alpha value is -8.20. The highest BCUT2D eigenvalue weighted by atomic mass is 14.7. The van der Waals surface area contributed by atoms with Gasteiger partial charge in [-0.3, -0.25) is 0 Å². The van der Waals surface area contributed by atoms with Gasteiger partial charge < -0.3 is 0 Å². The summed E-state index contributed by atoms with van der Waals surface area (Å²) in [5.41, 5.74) is 19.2. The summed E-state index contributed by atoms with van der Waals surface area (Å²) in [6.45, 7) is 22.9. The number of pyridine rings is 2. The third kappa shape index (κ3) is 7.06. The largest absolute Gasteiger partial charge is 0.247 e. The van der Waals surface area contributed by atoms with Crippen molar-refractivity contribution in [3.05, 3.63) is 204 Å². The van der Waals surface area contributed by atoms with E-state index in [0.29, 0.717) is 11.8 Å². The molecular formula is C74H62N2. The average molecular weight is 979 g/mol. The number of fused-ring (bicyclic) bond motifs is 6. The normalized spacial score (nSPS) is 12.8. The van der Waals surface area contributed by atoms with E-state index in [1.807, 2.05) is 0 Å². The summed E-state index contributed by atoms with van der Waals surface area (Å²) in [5, 5.41) is 16.9. The van der Waals surface area contributed by atoms with Crippen molar-refractivity contribution >= 4 is 97.5 Å². The number of aromatic nitrogens is 2. The van der Waals surface area contributed by atoms with Crippen molar-refractivity contribution in [2.45, 2.75) is 91.9 Å². The molecule has 368 valence electrons. The Labute approximate surface area is 445 Å². The Balaban J connectivity index is 1.09. The lowest BCUT2D eigenvalue weighted by Gasteiger charge is -2.23. The van der Waals surface area contributed by atoms with Crippen LogP contribution in [0.25, 0.3) is 142 Å². The summed E-state index contributed by atoms with van der Waals surface area (Å²) in [5.74, 6) is 0.936. The summed E-state index contributed by atoms with van der Waals surface area (Å²) in [6, 6.07) is 69.6. The van der Waals surface area contributed by atoms with Crippen LogP contribution in [0.1, 0.15) is 103 Å². The first-order valence-electron chi connectivity index (χ1n) is 27.4. The average Bonchev–Trinajstić information content (AvgIpc) is 3.52. The minimum absolute atomic E-state index is 0.00929. The summed E-state index contributed by atoms with van der Waals surface area (Å²) < 4.78 is 0. The molecule has 0 aliphatic rings. The summed E-state index contributed by atoms with van der Waals surface area (Å²) in [7, 11) is 0. The van der Waals surface area contributed by atoms with Gasteiger partial charge in [0.25, 0.3) is 0 Å². The van der Waals surface area contributed by atoms with Crippen molar-refractivity contribution in [1.29, 1.82) is 0 Å². The predicted octanol–water partition coefficient (Wildman–Crippen LogP) is 21.2. The molecule has 0 saturated carbocycles. The molecule has 0 radical (unpaired) electrons. The fourth-order valence-electron chi connectivity index (χ4n) is 13.0. The van der Waals surface area contributed by atoms with Crippen LogP contribution in [0, 0.1) is 0 Å². The summed E-state index contributed by atoms with van der Waals surface area (Å²) in [4.78, 5) is 11.6. The lowest BCUT2D eigenvalue weighted by atomic mass is 9.81. The zero-order valence-corrected chi connectivity index (χ0v) is 45.4. The maximum absolute atomic E-state index is 5.82. The van der Waals surface area contributed by atoms with Crippen LogP contribution >= 0.6 is 0 Å². The first kappa shape index (κ1) is 46.3. The first-order valence-corrected chi connectivity index (χ1v) is 27.4. The molecule has 0 spiro atoms. The van der Waals surface area contributed by atoms with E-state index in [2.05, 4.69) is 251 Å². The quantitative estimate of drug-likeness (QED) is 0.123. The van der Waals surface area contributed by atoms with Crippen molar-refractivity contribution in [2.24, 2.45) is 0 Å². The van der Waals surface area contributed by atoms with Crippen LogP contribution in [0.2, 0.25) is 0 Å². The van der Waals surface area contributed by atoms with Crippen LogP contribution in [-0.4, -0.2) is 9.97 Å². The molecule has 0 fully saturated rings. The molecule has 0 bridgehead atoms. The number of benzene rings is 12. The molecule has 14 aromatic rings. The van der Waals surface area contributed by atoms with Crippen molar-refractivity contribution in [3.8, 4) is 44.5 Å². The Morgan fingerprint density at radius 1 is 0.303 bits per heavy atom. The molecule has 2 heterocycles. The van der Waals surface area contributed by atoms with E-state index in [-0.39, 0.29) is 10.8 Å². The molecule has 12 aromatic carbocycles. The third-order valence-corrected chi connectivity index (χ3v) is 17.0. The van der Waals surface area contributed by atoms with Gasteiger partial charge in [-0.25, -0.2) is 9.97 Å². The van der Waals surface area contributed by atoms with Gasteiger partial charge in [0.1, 0.15) is 0 Å². The van der Waals surface area contributed by atoms with Gasteiger partial charge in [0.2, 0.25) is 0 Å². The topological polar surface area (TPSA) is 25.8 Å². The van der Waals surface area contributed by atoms with Crippen LogP contribution in [0.15, 0.2) is 182 Å². The smallest absolute Gasteiger partial charge is 0.0801 e. The van der Waals surface area contributed by atoms with Gasteiger partial charge in [0.05, 0.1) is 22.1 Å². The number of rotatable bonds is 6. The molecule has 2 heteroatoms. The maximum Gasteiger partial charge on any atom is 0.0801 e. The molecule has 0 aliphatic heterocycles. The maximum atomic E-state index is 5.82. The van der Waals surface area contributed by atoms with E-state index in [1.165, 1.54) is 131 Å². The fraction of sp³-hybridized carbons (Fsp3) is 0.189. The lowest BCUT2D eigenvalue weighted by Crippen LogP contribution is -2.11. The highest BCUT2D eigenvalue weighted by Gasteiger charge is 2.27. The van der Waals surface area contributed by atoms with Gasteiger partial charge in [-0.15, -0.1) is 0 Å². The van der Waals surface area contributed by atoms with Gasteiger partial charge in [-0.2, -0.15) is 0 Å². The van der Waals surface area contributed by atoms with E-state index in [1.54, 1.807) is 0 Å². The molecule has 0 unspecified atom stereocenters. The predicted molar refractivity (Wildman–Crippen MR) is 329 cm³/mol. The van der Waals surface area contributed by atoms with Crippen LogP contribution in [0.5, 0.6) is 0 Å². The van der Waals surface area contributed by atoms with Crippen molar-refractivity contribution in [1.82, 2.24) is 9.97 Å². The second-order valence-corrected chi connectivity index (χ2v) is 24.5. The lowest BCUT2D eigenvalue weighted by molar-refractivity contribution is 0.595. The molecule has 14 rings (SSSR count). The van der Waals surface area contributed by atoms with E-state index >= 15 is 0 Å². The minimum atomic E-state index is 0.00929. The molecule has 2 nitrogen and oxygen atoms in total. The molecule has 0 amide bonds. The molecule has 76 heavy (non-hydrogen) atoms. The molecular weight excluding hydrogens is 917 g/mol. The zero-order chi connectivity index (χ0) is 52.1. The highest BCUT2D eigenvalue weighted by Crippen LogP contribution is 2.51. The van der Waals surface area contributed by atoms with E-state index in [4.69, 9.17) is 9.97 Å². The minimum Gasteiger partial charge on any atom is -0.247 e. The first-order chi connectivity index (χ1) is 36.6. The van der Waals surface area contributed by atoms with Crippen LogP contribution < -0.4 is 0 Å². The van der Waals surface area contributed by atoms with Gasteiger partial charge >= 0.3 is 0 Å². The monoisotopic (exact) mass is 978 g/mol. The van der Waals surface area contributed by atoms with E-state index < -0.39 is 0 Å². The molecule has 0 atom stereocenters. The van der Waals surface area contributed by atoms with Gasteiger partial charge in [-0.05, 0) is 169 Å². The summed E-state index contributed by atoms with van der Waals surface area (Å²) in [6.07, 6.45) is 0. The van der Waals surface area contributed by atoms with Crippen molar-refractivity contribution < 1.29 is 0 Å². The Bertz CT molecular complexity index is 4370. The number of hydrogen-bond donors (Lipinski definition) is 0. The van der Waals surface area contributed by atoms with Crippen LogP contribution in [0.3, 0.4) is 0 Å². The highest BCUT2D eigenvalue weighted by molar-refractivity contribution is 6.41. The molecule has 0 N–H and O–H groups in total.